The zero-order valence-electron chi connectivity index (χ0n) is 7.65. The van der Waals surface area contributed by atoms with Crippen LogP contribution in [0, 0.1) is 5.41 Å². The first kappa shape index (κ1) is 11.0. The van der Waals surface area contributed by atoms with Crippen LogP contribution in [0.25, 0.3) is 0 Å². The highest BCUT2D eigenvalue weighted by Crippen LogP contribution is 2.19. The lowest BCUT2D eigenvalue weighted by molar-refractivity contribution is -0.0671. The average molecular weight is 208 g/mol. The number of hydrogen-bond donors (Lipinski definition) is 2. The fraction of sp³-hybridized carbons (Fsp3) is 0.714. The van der Waals surface area contributed by atoms with Gasteiger partial charge in [-0.15, -0.1) is 0 Å². The maximum atomic E-state index is 12.2. The highest BCUT2D eigenvalue weighted by Gasteiger charge is 2.40. The van der Waals surface area contributed by atoms with E-state index in [1.165, 1.54) is 7.05 Å². The van der Waals surface area contributed by atoms with E-state index in [1.54, 1.807) is 0 Å². The number of amidine groups is 2. The van der Waals surface area contributed by atoms with Gasteiger partial charge in [0, 0.05) is 20.1 Å². The maximum Gasteiger partial charge on any atom is 0.449 e. The second-order valence-corrected chi connectivity index (χ2v) is 2.81. The van der Waals surface area contributed by atoms with Gasteiger partial charge in [-0.2, -0.15) is 13.2 Å². The number of halogens is 3. The van der Waals surface area contributed by atoms with Gasteiger partial charge in [-0.3, -0.25) is 10.4 Å². The third-order valence-electron chi connectivity index (χ3n) is 1.90. The molecular formula is C7H11F3N4. The van der Waals surface area contributed by atoms with Crippen molar-refractivity contribution in [2.75, 3.05) is 26.7 Å². The Morgan fingerprint density at radius 3 is 2.71 bits per heavy atom. The van der Waals surface area contributed by atoms with Crippen LogP contribution >= 0.6 is 0 Å². The van der Waals surface area contributed by atoms with Crippen LogP contribution in [-0.2, 0) is 0 Å². The smallest absolute Gasteiger partial charge is 0.309 e. The maximum absolute atomic E-state index is 12.2. The second kappa shape index (κ2) is 3.95. The third-order valence-corrected chi connectivity index (χ3v) is 1.90. The largest absolute Gasteiger partial charge is 0.449 e. The molecule has 1 heterocycles. The molecule has 1 fully saturated rings. The minimum absolute atomic E-state index is 0.130. The number of aliphatic imine (C=N–C) groups is 1. The molecule has 2 N–H and O–H groups in total. The summed E-state index contributed by atoms with van der Waals surface area (Å²) < 4.78 is 36.6. The van der Waals surface area contributed by atoms with Gasteiger partial charge in [-0.1, -0.05) is 0 Å². The molecule has 1 rings (SSSR count). The molecule has 4 nitrogen and oxygen atoms in total. The van der Waals surface area contributed by atoms with Crippen molar-refractivity contribution in [3.63, 3.8) is 0 Å². The first-order chi connectivity index (χ1) is 6.46. The molecule has 1 saturated heterocycles. The summed E-state index contributed by atoms with van der Waals surface area (Å²) in [6.45, 7) is 0.831. The van der Waals surface area contributed by atoms with Gasteiger partial charge in [0.15, 0.2) is 0 Å². The minimum Gasteiger partial charge on any atom is -0.309 e. The summed E-state index contributed by atoms with van der Waals surface area (Å²) in [7, 11) is 1.42. The van der Waals surface area contributed by atoms with Crippen LogP contribution in [0.1, 0.15) is 0 Å². The van der Waals surface area contributed by atoms with Crippen molar-refractivity contribution in [1.82, 2.24) is 10.2 Å². The lowest BCUT2D eigenvalue weighted by atomic mass is 10.3. The van der Waals surface area contributed by atoms with Gasteiger partial charge in [0.1, 0.15) is 5.84 Å². The first-order valence-electron chi connectivity index (χ1n) is 4.06. The highest BCUT2D eigenvalue weighted by atomic mass is 19.4. The Labute approximate surface area is 79.3 Å². The predicted molar refractivity (Wildman–Crippen MR) is 46.7 cm³/mol. The Bertz CT molecular complexity index is 258. The predicted octanol–water partition coefficient (Wildman–Crippen LogP) is 0.459. The van der Waals surface area contributed by atoms with Gasteiger partial charge < -0.3 is 10.2 Å². The summed E-state index contributed by atoms with van der Waals surface area (Å²) in [5.41, 5.74) is 0. The summed E-state index contributed by atoms with van der Waals surface area (Å²) in [5.74, 6) is -1.10. The van der Waals surface area contributed by atoms with Crippen LogP contribution in [0.15, 0.2) is 4.99 Å². The van der Waals surface area contributed by atoms with E-state index in [0.717, 1.165) is 4.90 Å². The number of nitrogens with one attached hydrogen (secondary N) is 2. The summed E-state index contributed by atoms with van der Waals surface area (Å²) in [6, 6.07) is 0. The summed E-state index contributed by atoms with van der Waals surface area (Å²) in [4.78, 5) is 4.59. The number of alkyl halides is 3. The number of rotatable bonds is 0. The fourth-order valence-corrected chi connectivity index (χ4v) is 1.21. The van der Waals surface area contributed by atoms with Crippen LogP contribution in [0.2, 0.25) is 0 Å². The molecule has 80 valence electrons. The van der Waals surface area contributed by atoms with Gasteiger partial charge >= 0.3 is 6.18 Å². The van der Waals surface area contributed by atoms with Crippen molar-refractivity contribution in [2.24, 2.45) is 4.99 Å². The molecule has 0 spiro atoms. The molecule has 0 aromatic heterocycles. The van der Waals surface area contributed by atoms with Gasteiger partial charge in [-0.25, -0.2) is 0 Å². The summed E-state index contributed by atoms with van der Waals surface area (Å²) >= 11 is 0. The van der Waals surface area contributed by atoms with E-state index in [1.807, 2.05) is 0 Å². The Hall–Kier alpha value is -1.11. The molecule has 0 bridgehead atoms. The molecule has 0 aromatic rings. The Kier molecular flexibility index (Phi) is 3.10. The zero-order chi connectivity index (χ0) is 10.8. The van der Waals surface area contributed by atoms with Crippen LogP contribution in [0.4, 0.5) is 13.2 Å². The van der Waals surface area contributed by atoms with Crippen LogP contribution in [0.5, 0.6) is 0 Å². The molecule has 14 heavy (non-hydrogen) atoms. The first-order valence-corrected chi connectivity index (χ1v) is 4.06. The van der Waals surface area contributed by atoms with E-state index in [0.29, 0.717) is 6.54 Å². The molecular weight excluding hydrogens is 197 g/mol. The average Bonchev–Trinajstić information content (AvgIpc) is 2.15. The summed E-state index contributed by atoms with van der Waals surface area (Å²) in [6.07, 6.45) is -4.60. The standard InChI is InChI=1S/C7H11F3N4/c1-12-5-4-13-2-3-14(5)6(11)7(8,9)10/h11,13H,2-4H2,1H3. The molecule has 1 aliphatic rings. The SMILES string of the molecule is CN=C1CNCCN1C(=N)C(F)(F)F. The molecule has 0 saturated carbocycles. The van der Waals surface area contributed by atoms with Crippen molar-refractivity contribution in [1.29, 1.82) is 5.41 Å². The second-order valence-electron chi connectivity index (χ2n) is 2.81. The van der Waals surface area contributed by atoms with E-state index in [-0.39, 0.29) is 18.9 Å². The number of hydrogen-bond acceptors (Lipinski definition) is 3. The monoisotopic (exact) mass is 208 g/mol. The van der Waals surface area contributed by atoms with E-state index in [2.05, 4.69) is 10.3 Å². The molecule has 1 aliphatic heterocycles. The van der Waals surface area contributed by atoms with Crippen molar-refractivity contribution in [2.45, 2.75) is 6.18 Å². The molecule has 0 radical (unpaired) electrons. The number of piperazine rings is 1. The van der Waals surface area contributed by atoms with Crippen LogP contribution in [0.3, 0.4) is 0 Å². The lowest BCUT2D eigenvalue weighted by Gasteiger charge is -2.31. The summed E-state index contributed by atoms with van der Waals surface area (Å²) in [5, 5.41) is 9.85. The van der Waals surface area contributed by atoms with Gasteiger partial charge in [0.25, 0.3) is 0 Å². The molecule has 0 aromatic carbocycles. The van der Waals surface area contributed by atoms with Crippen molar-refractivity contribution < 1.29 is 13.2 Å². The van der Waals surface area contributed by atoms with E-state index < -0.39 is 12.0 Å². The minimum atomic E-state index is -4.60. The van der Waals surface area contributed by atoms with Crippen molar-refractivity contribution in [3.8, 4) is 0 Å². The Morgan fingerprint density at radius 2 is 2.21 bits per heavy atom. The third kappa shape index (κ3) is 2.22. The molecule has 7 heteroatoms. The van der Waals surface area contributed by atoms with Crippen LogP contribution < -0.4 is 5.32 Å². The fourth-order valence-electron chi connectivity index (χ4n) is 1.21. The van der Waals surface area contributed by atoms with Crippen molar-refractivity contribution in [3.05, 3.63) is 0 Å². The number of nitrogens with zero attached hydrogens (tertiary/aromatic N) is 2. The Balaban J connectivity index is 2.80. The molecule has 0 aliphatic carbocycles. The molecule has 0 amide bonds. The Morgan fingerprint density at radius 1 is 1.57 bits per heavy atom. The zero-order valence-corrected chi connectivity index (χ0v) is 7.65. The molecule has 0 unspecified atom stereocenters. The topological polar surface area (TPSA) is 51.5 Å². The van der Waals surface area contributed by atoms with Gasteiger partial charge in [0.05, 0.1) is 6.54 Å². The van der Waals surface area contributed by atoms with Gasteiger partial charge in [0.2, 0.25) is 5.84 Å². The lowest BCUT2D eigenvalue weighted by Crippen LogP contribution is -2.54. The van der Waals surface area contributed by atoms with E-state index in [4.69, 9.17) is 5.41 Å². The van der Waals surface area contributed by atoms with Crippen molar-refractivity contribution >= 4 is 11.7 Å². The van der Waals surface area contributed by atoms with Gasteiger partial charge in [-0.05, 0) is 0 Å². The highest BCUT2D eigenvalue weighted by molar-refractivity contribution is 6.03. The van der Waals surface area contributed by atoms with Crippen LogP contribution in [-0.4, -0.2) is 49.4 Å². The normalized spacial score (nSPS) is 21.4. The quantitative estimate of drug-likeness (QED) is 0.449. The molecule has 0 atom stereocenters. The van der Waals surface area contributed by atoms with E-state index >= 15 is 0 Å². The van der Waals surface area contributed by atoms with E-state index in [9.17, 15) is 13.2 Å².